The number of aromatic nitrogens is 2. The predicted molar refractivity (Wildman–Crippen MR) is 81.4 cm³/mol. The number of nitrogens with zero attached hydrogens (tertiary/aromatic N) is 3. The van der Waals surface area contributed by atoms with Gasteiger partial charge in [0, 0.05) is 13.6 Å². The molecule has 2 rings (SSSR count). The maximum absolute atomic E-state index is 12.5. The highest BCUT2D eigenvalue weighted by atomic mass is 32.1. The standard InChI is InChI=1S/C14H17F2N3O2S/c1-19(14-18-17-13(22-14)12(15)16)7-6-9-4-5-10(20-2)11(8-9)21-3/h4-5,8,12H,6-7H2,1-3H3. The number of anilines is 1. The van der Waals surface area contributed by atoms with Crippen molar-refractivity contribution in [3.8, 4) is 11.5 Å². The van der Waals surface area contributed by atoms with Crippen LogP contribution in [0.5, 0.6) is 11.5 Å². The summed E-state index contributed by atoms with van der Waals surface area (Å²) in [7, 11) is 4.97. The molecule has 0 aliphatic rings. The second-order valence-corrected chi connectivity index (χ2v) is 5.57. The third-order valence-electron chi connectivity index (χ3n) is 3.13. The van der Waals surface area contributed by atoms with Crippen molar-refractivity contribution in [2.75, 3.05) is 32.7 Å². The van der Waals surface area contributed by atoms with Crippen LogP contribution in [0.2, 0.25) is 0 Å². The molecule has 0 atom stereocenters. The monoisotopic (exact) mass is 329 g/mol. The Morgan fingerprint density at radius 3 is 2.50 bits per heavy atom. The van der Waals surface area contributed by atoms with Crippen LogP contribution in [0.1, 0.15) is 17.0 Å². The van der Waals surface area contributed by atoms with Crippen molar-refractivity contribution in [1.29, 1.82) is 0 Å². The van der Waals surface area contributed by atoms with Crippen molar-refractivity contribution in [3.05, 3.63) is 28.8 Å². The van der Waals surface area contributed by atoms with Crippen LogP contribution in [-0.2, 0) is 6.42 Å². The maximum Gasteiger partial charge on any atom is 0.291 e. The molecule has 1 aromatic carbocycles. The SMILES string of the molecule is COc1ccc(CCN(C)c2nnc(C(F)F)s2)cc1OC. The molecule has 0 bridgehead atoms. The minimum absolute atomic E-state index is 0.257. The molecule has 0 fully saturated rings. The second-order valence-electron chi connectivity index (χ2n) is 4.58. The molecule has 0 saturated heterocycles. The van der Waals surface area contributed by atoms with E-state index in [4.69, 9.17) is 9.47 Å². The van der Waals surface area contributed by atoms with Gasteiger partial charge in [-0.25, -0.2) is 8.78 Å². The molecule has 0 amide bonds. The van der Waals surface area contributed by atoms with E-state index in [1.807, 2.05) is 18.2 Å². The number of hydrogen-bond donors (Lipinski definition) is 0. The molecule has 0 saturated carbocycles. The van der Waals surface area contributed by atoms with E-state index in [0.717, 1.165) is 23.3 Å². The number of alkyl halides is 2. The van der Waals surface area contributed by atoms with Gasteiger partial charge >= 0.3 is 0 Å². The highest BCUT2D eigenvalue weighted by Gasteiger charge is 2.16. The van der Waals surface area contributed by atoms with Crippen LogP contribution in [0.15, 0.2) is 18.2 Å². The van der Waals surface area contributed by atoms with Crippen molar-refractivity contribution < 1.29 is 18.3 Å². The number of methoxy groups -OCH3 is 2. The summed E-state index contributed by atoms with van der Waals surface area (Å²) >= 11 is 0.907. The van der Waals surface area contributed by atoms with E-state index >= 15 is 0 Å². The smallest absolute Gasteiger partial charge is 0.291 e. The first-order valence-corrected chi connectivity index (χ1v) is 7.40. The number of benzene rings is 1. The van der Waals surface area contributed by atoms with Crippen molar-refractivity contribution in [2.24, 2.45) is 0 Å². The Labute approximate surface area is 131 Å². The van der Waals surface area contributed by atoms with Gasteiger partial charge in [0.15, 0.2) is 16.5 Å². The van der Waals surface area contributed by atoms with Gasteiger partial charge in [0.25, 0.3) is 6.43 Å². The molecule has 0 radical (unpaired) electrons. The Bertz CT molecular complexity index is 622. The van der Waals surface area contributed by atoms with Gasteiger partial charge in [-0.3, -0.25) is 0 Å². The molecular weight excluding hydrogens is 312 g/mol. The first-order valence-electron chi connectivity index (χ1n) is 6.58. The zero-order chi connectivity index (χ0) is 16.1. The van der Waals surface area contributed by atoms with E-state index in [1.54, 1.807) is 26.2 Å². The topological polar surface area (TPSA) is 47.5 Å². The fraction of sp³-hybridized carbons (Fsp3) is 0.429. The fourth-order valence-corrected chi connectivity index (χ4v) is 2.58. The minimum atomic E-state index is -2.58. The van der Waals surface area contributed by atoms with Crippen LogP contribution < -0.4 is 14.4 Å². The first kappa shape index (κ1) is 16.4. The summed E-state index contributed by atoms with van der Waals surface area (Å²) in [5.74, 6) is 1.34. The zero-order valence-electron chi connectivity index (χ0n) is 12.5. The lowest BCUT2D eigenvalue weighted by molar-refractivity contribution is 0.150. The molecule has 5 nitrogen and oxygen atoms in total. The normalized spacial score (nSPS) is 10.8. The van der Waals surface area contributed by atoms with Gasteiger partial charge in [-0.2, -0.15) is 0 Å². The molecular formula is C14H17F2N3O2S. The molecule has 120 valence electrons. The van der Waals surface area contributed by atoms with E-state index in [0.29, 0.717) is 23.2 Å². The predicted octanol–water partition coefficient (Wildman–Crippen LogP) is 3.17. The number of ether oxygens (including phenoxy) is 2. The average molecular weight is 329 g/mol. The molecule has 8 heteroatoms. The van der Waals surface area contributed by atoms with Gasteiger partial charge in [0.2, 0.25) is 5.13 Å². The summed E-state index contributed by atoms with van der Waals surface area (Å²) in [4.78, 5) is 1.81. The van der Waals surface area contributed by atoms with Gasteiger partial charge in [-0.1, -0.05) is 17.4 Å². The lowest BCUT2D eigenvalue weighted by Gasteiger charge is -2.15. The number of halogens is 2. The summed E-state index contributed by atoms with van der Waals surface area (Å²) in [5, 5.41) is 7.49. The van der Waals surface area contributed by atoms with Crippen LogP contribution in [-0.4, -0.2) is 38.0 Å². The molecule has 0 unspecified atom stereocenters. The second kappa shape index (κ2) is 7.35. The van der Waals surface area contributed by atoms with Gasteiger partial charge in [-0.05, 0) is 24.1 Å². The maximum atomic E-state index is 12.5. The van der Waals surface area contributed by atoms with Gasteiger partial charge in [0.1, 0.15) is 0 Å². The van der Waals surface area contributed by atoms with Crippen LogP contribution in [0.3, 0.4) is 0 Å². The fourth-order valence-electron chi connectivity index (χ4n) is 1.90. The summed E-state index contributed by atoms with van der Waals surface area (Å²) in [6.45, 7) is 0.632. The highest BCUT2D eigenvalue weighted by molar-refractivity contribution is 7.15. The van der Waals surface area contributed by atoms with E-state index in [1.165, 1.54) is 0 Å². The largest absolute Gasteiger partial charge is 0.493 e. The lowest BCUT2D eigenvalue weighted by atomic mass is 10.1. The van der Waals surface area contributed by atoms with E-state index in [2.05, 4.69) is 10.2 Å². The van der Waals surface area contributed by atoms with Crippen LogP contribution in [0.4, 0.5) is 13.9 Å². The molecule has 0 aliphatic carbocycles. The van der Waals surface area contributed by atoms with Crippen molar-refractivity contribution in [1.82, 2.24) is 10.2 Å². The quantitative estimate of drug-likeness (QED) is 0.781. The number of likely N-dealkylation sites (N-methyl/N-ethyl adjacent to an activating group) is 1. The Kier molecular flexibility index (Phi) is 5.48. The van der Waals surface area contributed by atoms with E-state index in [9.17, 15) is 8.78 Å². The van der Waals surface area contributed by atoms with E-state index in [-0.39, 0.29) is 5.01 Å². The Morgan fingerprint density at radius 2 is 1.91 bits per heavy atom. The van der Waals surface area contributed by atoms with Crippen LogP contribution in [0, 0.1) is 0 Å². The molecule has 1 aromatic heterocycles. The van der Waals surface area contributed by atoms with Gasteiger partial charge < -0.3 is 14.4 Å². The lowest BCUT2D eigenvalue weighted by Crippen LogP contribution is -2.20. The van der Waals surface area contributed by atoms with Crippen LogP contribution in [0.25, 0.3) is 0 Å². The summed E-state index contributed by atoms with van der Waals surface area (Å²) in [5.41, 5.74) is 1.06. The number of hydrogen-bond acceptors (Lipinski definition) is 6. The first-order chi connectivity index (χ1) is 10.5. The Morgan fingerprint density at radius 1 is 1.18 bits per heavy atom. The minimum Gasteiger partial charge on any atom is -0.493 e. The molecule has 0 aliphatic heterocycles. The third-order valence-corrected chi connectivity index (χ3v) is 4.17. The highest BCUT2D eigenvalue weighted by Crippen LogP contribution is 2.29. The molecule has 2 aromatic rings. The molecule has 22 heavy (non-hydrogen) atoms. The number of rotatable bonds is 7. The van der Waals surface area contributed by atoms with E-state index < -0.39 is 6.43 Å². The van der Waals surface area contributed by atoms with Crippen molar-refractivity contribution in [2.45, 2.75) is 12.8 Å². The molecule has 0 N–H and O–H groups in total. The third kappa shape index (κ3) is 3.82. The molecule has 1 heterocycles. The summed E-state index contributed by atoms with van der Waals surface area (Å²) in [6.07, 6.45) is -1.86. The Hall–Kier alpha value is -1.96. The van der Waals surface area contributed by atoms with Gasteiger partial charge in [-0.15, -0.1) is 10.2 Å². The van der Waals surface area contributed by atoms with Crippen molar-refractivity contribution >= 4 is 16.5 Å². The van der Waals surface area contributed by atoms with Gasteiger partial charge in [0.05, 0.1) is 14.2 Å². The van der Waals surface area contributed by atoms with Crippen molar-refractivity contribution in [3.63, 3.8) is 0 Å². The Balaban J connectivity index is 1.99. The summed E-state index contributed by atoms with van der Waals surface area (Å²) in [6, 6.07) is 5.69. The van der Waals surface area contributed by atoms with Crippen LogP contribution >= 0.6 is 11.3 Å². The molecule has 0 spiro atoms. The zero-order valence-corrected chi connectivity index (χ0v) is 13.4. The summed E-state index contributed by atoms with van der Waals surface area (Å²) < 4.78 is 35.5. The average Bonchev–Trinajstić information content (AvgIpc) is 3.02.